The highest BCUT2D eigenvalue weighted by Crippen LogP contribution is 2.21. The van der Waals surface area contributed by atoms with Gasteiger partial charge in [-0.25, -0.2) is 0 Å². The van der Waals surface area contributed by atoms with Gasteiger partial charge in [-0.2, -0.15) is 0 Å². The van der Waals surface area contributed by atoms with Gasteiger partial charge in [0.25, 0.3) is 0 Å². The molecule has 0 N–H and O–H groups in total. The minimum atomic E-state index is 0.0354. The number of hydrogen-bond acceptors (Lipinski definition) is 3. The molecule has 2 rings (SSSR count). The molecular formula is C18H30O3. The van der Waals surface area contributed by atoms with Crippen molar-refractivity contribution in [2.24, 2.45) is 0 Å². The highest BCUT2D eigenvalue weighted by atomic mass is 16.7. The molecule has 0 aliphatic carbocycles. The maximum atomic E-state index is 5.81. The summed E-state index contributed by atoms with van der Waals surface area (Å²) in [6.45, 7) is 6.02. The van der Waals surface area contributed by atoms with Gasteiger partial charge in [0.2, 0.25) is 0 Å². The highest BCUT2D eigenvalue weighted by Gasteiger charge is 2.14. The Bertz CT molecular complexity index is 391. The van der Waals surface area contributed by atoms with Gasteiger partial charge in [-0.15, -0.1) is 0 Å². The summed E-state index contributed by atoms with van der Waals surface area (Å²) in [5.74, 6) is 1.19. The van der Waals surface area contributed by atoms with Crippen molar-refractivity contribution in [1.29, 1.82) is 0 Å². The van der Waals surface area contributed by atoms with Gasteiger partial charge in [-0.05, 0) is 56.6 Å². The van der Waals surface area contributed by atoms with Gasteiger partial charge in [0.05, 0.1) is 12.9 Å². The minimum Gasteiger partial charge on any atom is -0.469 e. The molecule has 1 aromatic heterocycles. The van der Waals surface area contributed by atoms with Crippen molar-refractivity contribution in [3.05, 3.63) is 23.2 Å². The highest BCUT2D eigenvalue weighted by molar-refractivity contribution is 5.27. The third-order valence-corrected chi connectivity index (χ3v) is 4.21. The van der Waals surface area contributed by atoms with Gasteiger partial charge in [-0.3, -0.25) is 0 Å². The quantitative estimate of drug-likeness (QED) is 0.613. The molecule has 0 amide bonds. The van der Waals surface area contributed by atoms with Crippen molar-refractivity contribution in [3.63, 3.8) is 0 Å². The Kier molecular flexibility index (Phi) is 7.31. The van der Waals surface area contributed by atoms with Crippen LogP contribution < -0.4 is 0 Å². The van der Waals surface area contributed by atoms with Crippen molar-refractivity contribution in [2.75, 3.05) is 13.2 Å². The van der Waals surface area contributed by atoms with E-state index in [1.165, 1.54) is 49.0 Å². The van der Waals surface area contributed by atoms with Crippen LogP contribution in [0.3, 0.4) is 0 Å². The normalized spacial score (nSPS) is 19.0. The number of furan rings is 1. The minimum absolute atomic E-state index is 0.0354. The van der Waals surface area contributed by atoms with Crippen LogP contribution in [0.5, 0.6) is 0 Å². The van der Waals surface area contributed by atoms with Crippen LogP contribution >= 0.6 is 0 Å². The molecule has 1 aliphatic rings. The SMILES string of the molecule is CCCCCc1occ(C)c1CCCOC1CCCCO1. The molecule has 1 atom stereocenters. The lowest BCUT2D eigenvalue weighted by Crippen LogP contribution is -2.22. The molecule has 0 saturated carbocycles. The Morgan fingerprint density at radius 3 is 2.86 bits per heavy atom. The van der Waals surface area contributed by atoms with Crippen LogP contribution in [0.1, 0.15) is 68.8 Å². The standard InChI is InChI=1S/C18H30O3/c1-3-4-5-10-17-16(15(2)14-21-17)9-8-13-20-18-11-6-7-12-19-18/h14,18H,3-13H2,1-2H3. The first-order valence-electron chi connectivity index (χ1n) is 8.60. The summed E-state index contributed by atoms with van der Waals surface area (Å²) in [4.78, 5) is 0. The third kappa shape index (κ3) is 5.48. The average molecular weight is 294 g/mol. The first-order chi connectivity index (χ1) is 10.3. The zero-order valence-electron chi connectivity index (χ0n) is 13.7. The fourth-order valence-electron chi connectivity index (χ4n) is 2.91. The molecule has 120 valence electrons. The summed E-state index contributed by atoms with van der Waals surface area (Å²) in [5.41, 5.74) is 2.69. The fraction of sp³-hybridized carbons (Fsp3) is 0.778. The molecule has 3 nitrogen and oxygen atoms in total. The van der Waals surface area contributed by atoms with E-state index in [-0.39, 0.29) is 6.29 Å². The molecule has 1 saturated heterocycles. The molecule has 1 aliphatic heterocycles. The lowest BCUT2D eigenvalue weighted by Gasteiger charge is -2.22. The molecule has 0 aromatic carbocycles. The van der Waals surface area contributed by atoms with E-state index < -0.39 is 0 Å². The second-order valence-corrected chi connectivity index (χ2v) is 6.05. The maximum Gasteiger partial charge on any atom is 0.157 e. The number of aryl methyl sites for hydroxylation is 2. The molecule has 1 aromatic rings. The van der Waals surface area contributed by atoms with Gasteiger partial charge in [0.1, 0.15) is 5.76 Å². The Morgan fingerprint density at radius 1 is 1.19 bits per heavy atom. The van der Waals surface area contributed by atoms with E-state index >= 15 is 0 Å². The predicted octanol–water partition coefficient (Wildman–Crippen LogP) is 4.80. The van der Waals surface area contributed by atoms with Crippen LogP contribution in [-0.4, -0.2) is 19.5 Å². The summed E-state index contributed by atoms with van der Waals surface area (Å²) in [6.07, 6.45) is 12.3. The van der Waals surface area contributed by atoms with Gasteiger partial charge in [0, 0.05) is 13.0 Å². The smallest absolute Gasteiger partial charge is 0.157 e. The Morgan fingerprint density at radius 2 is 2.10 bits per heavy atom. The van der Waals surface area contributed by atoms with E-state index in [2.05, 4.69) is 13.8 Å². The van der Waals surface area contributed by atoms with E-state index in [0.717, 1.165) is 38.9 Å². The van der Waals surface area contributed by atoms with E-state index in [9.17, 15) is 0 Å². The molecule has 21 heavy (non-hydrogen) atoms. The number of rotatable bonds is 9. The first-order valence-corrected chi connectivity index (χ1v) is 8.60. The van der Waals surface area contributed by atoms with Crippen molar-refractivity contribution in [3.8, 4) is 0 Å². The zero-order valence-corrected chi connectivity index (χ0v) is 13.7. The summed E-state index contributed by atoms with van der Waals surface area (Å²) < 4.78 is 17.1. The van der Waals surface area contributed by atoms with Crippen LogP contribution in [0.4, 0.5) is 0 Å². The van der Waals surface area contributed by atoms with E-state index in [1.54, 1.807) is 0 Å². The number of hydrogen-bond donors (Lipinski definition) is 0. The maximum absolute atomic E-state index is 5.81. The van der Waals surface area contributed by atoms with Gasteiger partial charge < -0.3 is 13.9 Å². The average Bonchev–Trinajstić information content (AvgIpc) is 2.86. The van der Waals surface area contributed by atoms with Gasteiger partial charge in [-0.1, -0.05) is 19.8 Å². The van der Waals surface area contributed by atoms with Crippen molar-refractivity contribution >= 4 is 0 Å². The lowest BCUT2D eigenvalue weighted by atomic mass is 10.0. The fourth-order valence-corrected chi connectivity index (χ4v) is 2.91. The second kappa shape index (κ2) is 9.26. The number of ether oxygens (including phenoxy) is 2. The molecule has 2 heterocycles. The molecule has 0 bridgehead atoms. The lowest BCUT2D eigenvalue weighted by molar-refractivity contribution is -0.162. The van der Waals surface area contributed by atoms with Crippen molar-refractivity contribution in [1.82, 2.24) is 0 Å². The topological polar surface area (TPSA) is 31.6 Å². The molecule has 1 fully saturated rings. The van der Waals surface area contributed by atoms with Crippen molar-refractivity contribution < 1.29 is 13.9 Å². The van der Waals surface area contributed by atoms with Crippen LogP contribution in [0.25, 0.3) is 0 Å². The largest absolute Gasteiger partial charge is 0.469 e. The Labute approximate surface area is 129 Å². The Balaban J connectivity index is 1.70. The summed E-state index contributed by atoms with van der Waals surface area (Å²) in [7, 11) is 0. The van der Waals surface area contributed by atoms with Crippen molar-refractivity contribution in [2.45, 2.75) is 77.9 Å². The van der Waals surface area contributed by atoms with Gasteiger partial charge in [0.15, 0.2) is 6.29 Å². The number of unbranched alkanes of at least 4 members (excludes halogenated alkanes) is 2. The molecular weight excluding hydrogens is 264 g/mol. The Hall–Kier alpha value is -0.800. The molecule has 0 spiro atoms. The third-order valence-electron chi connectivity index (χ3n) is 4.21. The monoisotopic (exact) mass is 294 g/mol. The predicted molar refractivity (Wildman–Crippen MR) is 84.5 cm³/mol. The van der Waals surface area contributed by atoms with Crippen LogP contribution in [0, 0.1) is 6.92 Å². The van der Waals surface area contributed by atoms with E-state index in [4.69, 9.17) is 13.9 Å². The van der Waals surface area contributed by atoms with Crippen LogP contribution in [0.2, 0.25) is 0 Å². The van der Waals surface area contributed by atoms with Crippen LogP contribution in [-0.2, 0) is 22.3 Å². The van der Waals surface area contributed by atoms with E-state index in [0.29, 0.717) is 0 Å². The molecule has 3 heteroatoms. The van der Waals surface area contributed by atoms with Gasteiger partial charge >= 0.3 is 0 Å². The summed E-state index contributed by atoms with van der Waals surface area (Å²) >= 11 is 0. The molecule has 0 radical (unpaired) electrons. The second-order valence-electron chi connectivity index (χ2n) is 6.05. The molecule has 1 unspecified atom stereocenters. The summed E-state index contributed by atoms with van der Waals surface area (Å²) in [5, 5.41) is 0. The zero-order chi connectivity index (χ0) is 14.9. The van der Waals surface area contributed by atoms with E-state index in [1.807, 2.05) is 6.26 Å². The van der Waals surface area contributed by atoms with Crippen LogP contribution in [0.15, 0.2) is 10.7 Å². The first kappa shape index (κ1) is 16.6. The summed E-state index contributed by atoms with van der Waals surface area (Å²) in [6, 6.07) is 0.